The van der Waals surface area contributed by atoms with Crippen LogP contribution in [-0.2, 0) is 6.42 Å². The van der Waals surface area contributed by atoms with Crippen LogP contribution in [0.1, 0.15) is 61.9 Å². The normalized spacial score (nSPS) is 23.2. The molecule has 2 atom stereocenters. The van der Waals surface area contributed by atoms with E-state index in [0.717, 1.165) is 74.3 Å². The van der Waals surface area contributed by atoms with Gasteiger partial charge in [-0.3, -0.25) is 9.69 Å². The monoisotopic (exact) mass is 595 g/mol. The molecule has 1 aromatic heterocycles. The van der Waals surface area contributed by atoms with Crippen molar-refractivity contribution >= 4 is 18.3 Å². The second-order valence-corrected chi connectivity index (χ2v) is 11.7. The first-order valence-corrected chi connectivity index (χ1v) is 14.9. The lowest BCUT2D eigenvalue weighted by Crippen LogP contribution is -2.60. The maximum atomic E-state index is 13.8. The molecule has 42 heavy (non-hydrogen) atoms. The third kappa shape index (κ3) is 7.48. The van der Waals surface area contributed by atoms with E-state index in [1.807, 2.05) is 30.3 Å². The number of aromatic nitrogens is 1. The Hall–Kier alpha value is -3.04. The van der Waals surface area contributed by atoms with Crippen LogP contribution >= 0.6 is 12.4 Å². The zero-order chi connectivity index (χ0) is 28.9. The highest BCUT2D eigenvalue weighted by molar-refractivity contribution is 5.95. The molecule has 1 aliphatic heterocycles. The average molecular weight is 596 g/mol. The molecular weight excluding hydrogens is 553 g/mol. The van der Waals surface area contributed by atoms with Gasteiger partial charge in [0, 0.05) is 42.8 Å². The van der Waals surface area contributed by atoms with E-state index < -0.39 is 11.7 Å². The number of hydrogen-bond acceptors (Lipinski definition) is 6. The summed E-state index contributed by atoms with van der Waals surface area (Å²) in [6.07, 6.45) is 7.42. The van der Waals surface area contributed by atoms with Crippen LogP contribution in [0.25, 0.3) is 11.1 Å². The molecule has 1 amide bonds. The lowest BCUT2D eigenvalue weighted by molar-refractivity contribution is -0.00664. The largest absolute Gasteiger partial charge is 0.438 e. The highest BCUT2D eigenvalue weighted by Gasteiger charge is 2.35. The Balaban J connectivity index is 0.00000405. The van der Waals surface area contributed by atoms with E-state index in [1.165, 1.54) is 12.8 Å². The molecule has 226 valence electrons. The van der Waals surface area contributed by atoms with Crippen LogP contribution in [-0.4, -0.2) is 64.5 Å². The summed E-state index contributed by atoms with van der Waals surface area (Å²) in [6.45, 7) is 7.80. The molecule has 0 unspecified atom stereocenters. The fraction of sp³-hybridized carbons (Fsp3) is 0.455. The van der Waals surface area contributed by atoms with Crippen LogP contribution in [0.2, 0.25) is 0 Å². The number of nitrogens with two attached hydrogens (primary N) is 2. The number of piperazine rings is 1. The Kier molecular flexibility index (Phi) is 11.0. The Morgan fingerprint density at radius 1 is 1.02 bits per heavy atom. The molecule has 0 spiro atoms. The van der Waals surface area contributed by atoms with E-state index in [4.69, 9.17) is 16.2 Å². The minimum Gasteiger partial charge on any atom is -0.438 e. The average Bonchev–Trinajstić information content (AvgIpc) is 2.95. The predicted molar refractivity (Wildman–Crippen MR) is 168 cm³/mol. The van der Waals surface area contributed by atoms with Crippen LogP contribution < -0.4 is 16.2 Å². The molecule has 4 N–H and O–H groups in total. The summed E-state index contributed by atoms with van der Waals surface area (Å²) in [6, 6.07) is 19.2. The highest BCUT2D eigenvalue weighted by atomic mass is 35.5. The van der Waals surface area contributed by atoms with Crippen molar-refractivity contribution in [2.24, 2.45) is 11.5 Å². The molecule has 2 fully saturated rings. The maximum absolute atomic E-state index is 13.8. The van der Waals surface area contributed by atoms with Gasteiger partial charge in [0.1, 0.15) is 17.1 Å². The molecule has 2 aromatic carbocycles. The van der Waals surface area contributed by atoms with Crippen molar-refractivity contribution in [2.75, 3.05) is 19.6 Å². The molecule has 5 rings (SSSR count). The number of rotatable bonds is 9. The van der Waals surface area contributed by atoms with E-state index in [0.29, 0.717) is 29.9 Å². The van der Waals surface area contributed by atoms with Crippen LogP contribution in [0.3, 0.4) is 0 Å². The van der Waals surface area contributed by atoms with E-state index >= 15 is 0 Å². The maximum Gasteiger partial charge on any atom is 0.254 e. The van der Waals surface area contributed by atoms with E-state index in [1.54, 1.807) is 0 Å². The fourth-order valence-corrected chi connectivity index (χ4v) is 6.82. The van der Waals surface area contributed by atoms with Crippen molar-refractivity contribution in [3.63, 3.8) is 0 Å². The summed E-state index contributed by atoms with van der Waals surface area (Å²) in [5.74, 6) is -0.825. The van der Waals surface area contributed by atoms with E-state index in [2.05, 4.69) is 46.8 Å². The molecule has 2 aliphatic rings. The number of carbonyl (C=O) groups excluding carboxylic acids is 1. The molecule has 9 heteroatoms. The third-order valence-electron chi connectivity index (χ3n) is 8.63. The number of carbonyl (C=O) groups is 1. The standard InChI is InChI=1S/C33H42FN5O2.ClH/c1-22-20-38(21-23(2)39(22)27-15-13-26(35)14-16-27)17-7-11-29-28(24-8-4-3-5-9-24)10-6-12-31(29)41-33-30(32(36)40)18-25(34)19-37-33;/h3-6,8-10,12,18-19,22-23,26-27H,7,11,13-17,20-21,35H2,1-2H3,(H2,36,40);1H/t22-,23+,26?,27?;. The van der Waals surface area contributed by atoms with Crippen LogP contribution in [0, 0.1) is 5.82 Å². The van der Waals surface area contributed by atoms with Gasteiger partial charge in [0.15, 0.2) is 0 Å². The molecule has 2 heterocycles. The number of nitrogens with zero attached hydrogens (tertiary/aromatic N) is 3. The molecule has 0 bridgehead atoms. The van der Waals surface area contributed by atoms with Gasteiger partial charge in [-0.15, -0.1) is 12.4 Å². The van der Waals surface area contributed by atoms with Gasteiger partial charge in [0.25, 0.3) is 5.91 Å². The lowest BCUT2D eigenvalue weighted by Gasteiger charge is -2.49. The summed E-state index contributed by atoms with van der Waals surface area (Å²) in [5.41, 5.74) is 14.8. The van der Waals surface area contributed by atoms with Gasteiger partial charge < -0.3 is 21.1 Å². The van der Waals surface area contributed by atoms with Crippen molar-refractivity contribution in [3.8, 4) is 22.8 Å². The van der Waals surface area contributed by atoms with Gasteiger partial charge >= 0.3 is 0 Å². The quantitative estimate of drug-likeness (QED) is 0.325. The van der Waals surface area contributed by atoms with Gasteiger partial charge in [-0.2, -0.15) is 0 Å². The first-order chi connectivity index (χ1) is 19.8. The third-order valence-corrected chi connectivity index (χ3v) is 8.63. The predicted octanol–water partition coefficient (Wildman–Crippen LogP) is 5.80. The topological polar surface area (TPSA) is 97.7 Å². The number of benzene rings is 2. The Morgan fingerprint density at radius 2 is 1.71 bits per heavy atom. The SMILES string of the molecule is C[C@@H]1CN(CCCc2c(Oc3ncc(F)cc3C(N)=O)cccc2-c2ccccc2)C[C@H](C)N1C1CCC(N)CC1.Cl. The number of halogens is 2. The van der Waals surface area contributed by atoms with Gasteiger partial charge in [0.05, 0.1) is 6.20 Å². The van der Waals surface area contributed by atoms with Gasteiger partial charge in [-0.1, -0.05) is 42.5 Å². The van der Waals surface area contributed by atoms with Gasteiger partial charge in [-0.05, 0) is 82.2 Å². The molecule has 1 saturated heterocycles. The minimum atomic E-state index is -0.786. The van der Waals surface area contributed by atoms with Gasteiger partial charge in [-0.25, -0.2) is 9.37 Å². The molecule has 0 radical (unpaired) electrons. The summed E-state index contributed by atoms with van der Waals surface area (Å²) < 4.78 is 20.0. The zero-order valence-corrected chi connectivity index (χ0v) is 25.4. The molecule has 1 aliphatic carbocycles. The Labute approximate surface area is 254 Å². The Bertz CT molecular complexity index is 1320. The summed E-state index contributed by atoms with van der Waals surface area (Å²) in [5, 5.41) is 0. The number of amides is 1. The molecule has 1 saturated carbocycles. The van der Waals surface area contributed by atoms with Crippen molar-refractivity contribution in [1.29, 1.82) is 0 Å². The second kappa shape index (κ2) is 14.4. The minimum absolute atomic E-state index is 0. The summed E-state index contributed by atoms with van der Waals surface area (Å²) in [7, 11) is 0. The summed E-state index contributed by atoms with van der Waals surface area (Å²) in [4.78, 5) is 21.4. The second-order valence-electron chi connectivity index (χ2n) is 11.7. The first-order valence-electron chi connectivity index (χ1n) is 14.9. The van der Waals surface area contributed by atoms with Crippen molar-refractivity contribution in [3.05, 3.63) is 77.7 Å². The molecule has 7 nitrogen and oxygen atoms in total. The molecular formula is C33H43ClFN5O2. The smallest absolute Gasteiger partial charge is 0.254 e. The van der Waals surface area contributed by atoms with E-state index in [9.17, 15) is 9.18 Å². The number of primary amides is 1. The van der Waals surface area contributed by atoms with E-state index in [-0.39, 0.29) is 23.9 Å². The van der Waals surface area contributed by atoms with Gasteiger partial charge in [0.2, 0.25) is 5.88 Å². The fourth-order valence-electron chi connectivity index (χ4n) is 6.82. The molecule has 3 aromatic rings. The summed E-state index contributed by atoms with van der Waals surface area (Å²) >= 11 is 0. The lowest BCUT2D eigenvalue weighted by atomic mass is 9.88. The van der Waals surface area contributed by atoms with Crippen LogP contribution in [0.15, 0.2) is 60.8 Å². The van der Waals surface area contributed by atoms with Crippen molar-refractivity contribution in [2.45, 2.75) is 76.5 Å². The Morgan fingerprint density at radius 3 is 2.38 bits per heavy atom. The highest BCUT2D eigenvalue weighted by Crippen LogP contribution is 2.35. The van der Waals surface area contributed by atoms with Crippen LogP contribution in [0.5, 0.6) is 11.6 Å². The number of ether oxygens (including phenoxy) is 1. The van der Waals surface area contributed by atoms with Crippen molar-refractivity contribution < 1.29 is 13.9 Å². The zero-order valence-electron chi connectivity index (χ0n) is 24.5. The number of pyridine rings is 1. The number of hydrogen-bond donors (Lipinski definition) is 2. The van der Waals surface area contributed by atoms with Crippen molar-refractivity contribution in [1.82, 2.24) is 14.8 Å². The first kappa shape index (κ1) is 31.9. The van der Waals surface area contributed by atoms with Crippen LogP contribution in [0.4, 0.5) is 4.39 Å².